The van der Waals surface area contributed by atoms with Crippen molar-refractivity contribution in [3.63, 3.8) is 0 Å². The molecule has 2 aliphatic rings. The lowest BCUT2D eigenvalue weighted by molar-refractivity contribution is -0.144. The zero-order valence-corrected chi connectivity index (χ0v) is 11.6. The van der Waals surface area contributed by atoms with Crippen LogP contribution in [0, 0.1) is 5.92 Å². The van der Waals surface area contributed by atoms with Crippen LogP contribution in [0.2, 0.25) is 0 Å². The Hall–Kier alpha value is -1.79. The average molecular weight is 283 g/mol. The Kier molecular flexibility index (Phi) is 4.46. The predicted octanol–water partition coefficient (Wildman–Crippen LogP) is 0.160. The van der Waals surface area contributed by atoms with Crippen LogP contribution in [0.5, 0.6) is 0 Å². The van der Waals surface area contributed by atoms with Gasteiger partial charge in [0, 0.05) is 12.6 Å². The zero-order chi connectivity index (χ0) is 14.7. The SMILES string of the molecule is CC1CCCC(NC(=O)N2CC(=O)NCC2C(=O)O)C1. The maximum atomic E-state index is 12.2. The number of rotatable bonds is 2. The molecule has 0 aromatic heterocycles. The number of carbonyl (C=O) groups excluding carboxylic acids is 2. The number of amides is 3. The van der Waals surface area contributed by atoms with Gasteiger partial charge < -0.3 is 15.7 Å². The molecule has 2 rings (SSSR count). The number of carboxylic acid groups (broad SMARTS) is 1. The van der Waals surface area contributed by atoms with E-state index in [1.165, 1.54) is 0 Å². The fraction of sp³-hybridized carbons (Fsp3) is 0.769. The summed E-state index contributed by atoms with van der Waals surface area (Å²) in [5.74, 6) is -0.860. The first-order valence-corrected chi connectivity index (χ1v) is 7.04. The Morgan fingerprint density at radius 3 is 2.80 bits per heavy atom. The topological polar surface area (TPSA) is 98.7 Å². The van der Waals surface area contributed by atoms with Gasteiger partial charge in [0.05, 0.1) is 0 Å². The van der Waals surface area contributed by atoms with Crippen molar-refractivity contribution < 1.29 is 19.5 Å². The molecule has 1 aliphatic heterocycles. The van der Waals surface area contributed by atoms with Gasteiger partial charge in [-0.3, -0.25) is 9.69 Å². The van der Waals surface area contributed by atoms with Gasteiger partial charge in [-0.15, -0.1) is 0 Å². The number of carbonyl (C=O) groups is 3. The quantitative estimate of drug-likeness (QED) is 0.672. The molecule has 1 heterocycles. The van der Waals surface area contributed by atoms with Crippen molar-refractivity contribution in [3.8, 4) is 0 Å². The van der Waals surface area contributed by atoms with Crippen LogP contribution in [-0.4, -0.2) is 53.1 Å². The van der Waals surface area contributed by atoms with E-state index in [9.17, 15) is 14.4 Å². The second kappa shape index (κ2) is 6.11. The van der Waals surface area contributed by atoms with Crippen molar-refractivity contribution in [3.05, 3.63) is 0 Å². The molecule has 7 nitrogen and oxygen atoms in total. The van der Waals surface area contributed by atoms with Crippen molar-refractivity contribution in [2.75, 3.05) is 13.1 Å². The summed E-state index contributed by atoms with van der Waals surface area (Å²) in [7, 11) is 0. The molecule has 1 aliphatic carbocycles. The zero-order valence-electron chi connectivity index (χ0n) is 11.6. The van der Waals surface area contributed by atoms with Crippen molar-refractivity contribution in [1.29, 1.82) is 0 Å². The van der Waals surface area contributed by atoms with Gasteiger partial charge in [0.25, 0.3) is 0 Å². The first-order chi connectivity index (χ1) is 9.47. The molecule has 20 heavy (non-hydrogen) atoms. The second-order valence-corrected chi connectivity index (χ2v) is 5.70. The van der Waals surface area contributed by atoms with E-state index in [0.29, 0.717) is 5.92 Å². The molecule has 3 unspecified atom stereocenters. The highest BCUT2D eigenvalue weighted by Gasteiger charge is 2.36. The normalized spacial score (nSPS) is 30.6. The molecular formula is C13H21N3O4. The van der Waals surface area contributed by atoms with E-state index in [-0.39, 0.29) is 25.0 Å². The lowest BCUT2D eigenvalue weighted by Crippen LogP contribution is -2.62. The summed E-state index contributed by atoms with van der Waals surface area (Å²) in [4.78, 5) is 35.8. The van der Waals surface area contributed by atoms with Crippen LogP contribution < -0.4 is 10.6 Å². The molecule has 3 atom stereocenters. The molecule has 0 spiro atoms. The Balaban J connectivity index is 1.98. The van der Waals surface area contributed by atoms with Crippen LogP contribution in [0.25, 0.3) is 0 Å². The number of piperazine rings is 1. The lowest BCUT2D eigenvalue weighted by Gasteiger charge is -2.35. The first-order valence-electron chi connectivity index (χ1n) is 7.04. The first kappa shape index (κ1) is 14.6. The summed E-state index contributed by atoms with van der Waals surface area (Å²) in [5, 5.41) is 14.5. The number of urea groups is 1. The van der Waals surface area contributed by atoms with E-state index < -0.39 is 18.0 Å². The minimum absolute atomic E-state index is 0.0390. The van der Waals surface area contributed by atoms with E-state index in [2.05, 4.69) is 17.6 Å². The Bertz CT molecular complexity index is 412. The standard InChI is InChI=1S/C13H21N3O4/c1-8-3-2-4-9(5-8)15-13(20)16-7-11(17)14-6-10(16)12(18)19/h8-10H,2-7H2,1H3,(H,14,17)(H,15,20)(H,18,19). The van der Waals surface area contributed by atoms with Gasteiger partial charge in [0.15, 0.2) is 0 Å². The highest BCUT2D eigenvalue weighted by molar-refractivity contribution is 5.90. The average Bonchev–Trinajstić information content (AvgIpc) is 2.38. The van der Waals surface area contributed by atoms with Gasteiger partial charge in [-0.25, -0.2) is 9.59 Å². The van der Waals surface area contributed by atoms with Crippen LogP contribution in [0.4, 0.5) is 4.79 Å². The van der Waals surface area contributed by atoms with Gasteiger partial charge in [-0.05, 0) is 18.8 Å². The molecular weight excluding hydrogens is 262 g/mol. The molecule has 7 heteroatoms. The molecule has 1 saturated carbocycles. The number of hydrogen-bond donors (Lipinski definition) is 3. The van der Waals surface area contributed by atoms with Crippen LogP contribution in [0.15, 0.2) is 0 Å². The summed E-state index contributed by atoms with van der Waals surface area (Å²) < 4.78 is 0. The minimum Gasteiger partial charge on any atom is -0.480 e. The number of nitrogens with zero attached hydrogens (tertiary/aromatic N) is 1. The molecule has 2 fully saturated rings. The van der Waals surface area contributed by atoms with E-state index >= 15 is 0 Å². The van der Waals surface area contributed by atoms with E-state index in [0.717, 1.165) is 30.6 Å². The molecule has 0 radical (unpaired) electrons. The maximum absolute atomic E-state index is 12.2. The van der Waals surface area contributed by atoms with Crippen LogP contribution in [-0.2, 0) is 9.59 Å². The van der Waals surface area contributed by atoms with E-state index in [1.807, 2.05) is 0 Å². The number of hydrogen-bond acceptors (Lipinski definition) is 3. The fourth-order valence-electron chi connectivity index (χ4n) is 2.90. The number of carboxylic acids is 1. The molecule has 0 bridgehead atoms. The third-order valence-electron chi connectivity index (χ3n) is 3.99. The van der Waals surface area contributed by atoms with Crippen molar-refractivity contribution in [2.45, 2.75) is 44.7 Å². The third kappa shape index (κ3) is 3.40. The second-order valence-electron chi connectivity index (χ2n) is 5.70. The third-order valence-corrected chi connectivity index (χ3v) is 3.99. The predicted molar refractivity (Wildman–Crippen MR) is 71.1 cm³/mol. The highest BCUT2D eigenvalue weighted by Crippen LogP contribution is 2.23. The summed E-state index contributed by atoms with van der Waals surface area (Å²) >= 11 is 0. The van der Waals surface area contributed by atoms with Gasteiger partial charge in [-0.1, -0.05) is 19.8 Å². The maximum Gasteiger partial charge on any atom is 0.328 e. The van der Waals surface area contributed by atoms with Gasteiger partial charge in [0.1, 0.15) is 12.6 Å². The lowest BCUT2D eigenvalue weighted by atomic mass is 9.87. The Morgan fingerprint density at radius 1 is 1.40 bits per heavy atom. The minimum atomic E-state index is -1.10. The summed E-state index contributed by atoms with van der Waals surface area (Å²) in [6, 6.07) is -1.37. The van der Waals surface area contributed by atoms with Gasteiger partial charge in [-0.2, -0.15) is 0 Å². The highest BCUT2D eigenvalue weighted by atomic mass is 16.4. The molecule has 3 amide bonds. The summed E-state index contributed by atoms with van der Waals surface area (Å²) in [5.41, 5.74) is 0. The molecule has 112 valence electrons. The Labute approximate surface area is 117 Å². The van der Waals surface area contributed by atoms with E-state index in [1.54, 1.807) is 0 Å². The van der Waals surface area contributed by atoms with Crippen molar-refractivity contribution in [1.82, 2.24) is 15.5 Å². The van der Waals surface area contributed by atoms with Crippen LogP contribution in [0.1, 0.15) is 32.6 Å². The molecule has 0 aromatic carbocycles. The van der Waals surface area contributed by atoms with Gasteiger partial charge in [0.2, 0.25) is 5.91 Å². The number of aliphatic carboxylic acids is 1. The summed E-state index contributed by atoms with van der Waals surface area (Å²) in [6.45, 7) is 1.90. The number of nitrogens with one attached hydrogen (secondary N) is 2. The van der Waals surface area contributed by atoms with E-state index in [4.69, 9.17) is 5.11 Å². The monoisotopic (exact) mass is 283 g/mol. The largest absolute Gasteiger partial charge is 0.480 e. The van der Waals surface area contributed by atoms with Crippen molar-refractivity contribution in [2.24, 2.45) is 5.92 Å². The smallest absolute Gasteiger partial charge is 0.328 e. The Morgan fingerprint density at radius 2 is 2.15 bits per heavy atom. The van der Waals surface area contributed by atoms with Crippen molar-refractivity contribution >= 4 is 17.9 Å². The van der Waals surface area contributed by atoms with Crippen LogP contribution >= 0.6 is 0 Å². The summed E-state index contributed by atoms with van der Waals surface area (Å²) in [6.07, 6.45) is 4.04. The molecule has 1 saturated heterocycles. The fourth-order valence-corrected chi connectivity index (χ4v) is 2.90. The van der Waals surface area contributed by atoms with Crippen LogP contribution in [0.3, 0.4) is 0 Å². The molecule has 3 N–H and O–H groups in total. The molecule has 0 aromatic rings. The van der Waals surface area contributed by atoms with Gasteiger partial charge >= 0.3 is 12.0 Å².